The SMILES string of the molecule is O=C(N/C=N/O)C1=NO[C@H](CNc2ncc(C(F)(F)F)cc2Cl)C1. The molecule has 1 aliphatic rings. The standard InChI is InChI=1S/C12H11ClF3N5O3/c13-8-1-6(12(14,15)16)3-17-10(8)18-4-7-2-9(21-24-7)11(22)19-5-20-23/h1,3,5,7,23H,2,4H2,(H,17,18)(H,19,20,22)/t7-/m0/s1. The molecule has 1 aromatic heterocycles. The number of alkyl halides is 3. The van der Waals surface area contributed by atoms with E-state index in [9.17, 15) is 18.0 Å². The quantitative estimate of drug-likeness (QED) is 0.319. The number of nitrogens with one attached hydrogen (secondary N) is 2. The van der Waals surface area contributed by atoms with Crippen molar-refractivity contribution < 1.29 is 28.0 Å². The van der Waals surface area contributed by atoms with Gasteiger partial charge in [-0.1, -0.05) is 21.9 Å². The minimum Gasteiger partial charge on any atom is -0.410 e. The predicted octanol–water partition coefficient (Wildman–Crippen LogP) is 1.84. The van der Waals surface area contributed by atoms with Crippen LogP contribution in [0.1, 0.15) is 12.0 Å². The van der Waals surface area contributed by atoms with E-state index in [0.717, 1.165) is 12.4 Å². The summed E-state index contributed by atoms with van der Waals surface area (Å²) in [5.74, 6) is -0.542. The summed E-state index contributed by atoms with van der Waals surface area (Å²) >= 11 is 5.76. The van der Waals surface area contributed by atoms with E-state index in [-0.39, 0.29) is 29.5 Å². The molecule has 0 saturated carbocycles. The van der Waals surface area contributed by atoms with Crippen molar-refractivity contribution in [2.75, 3.05) is 11.9 Å². The second kappa shape index (κ2) is 7.34. The first-order valence-corrected chi connectivity index (χ1v) is 6.85. The van der Waals surface area contributed by atoms with Gasteiger partial charge in [0.15, 0.2) is 6.10 Å². The van der Waals surface area contributed by atoms with Crippen molar-refractivity contribution >= 4 is 35.4 Å². The number of oxime groups is 2. The van der Waals surface area contributed by atoms with Gasteiger partial charge >= 0.3 is 6.18 Å². The normalized spacial score (nSPS) is 17.5. The van der Waals surface area contributed by atoms with Gasteiger partial charge in [-0.25, -0.2) is 4.98 Å². The zero-order valence-electron chi connectivity index (χ0n) is 11.8. The van der Waals surface area contributed by atoms with E-state index in [0.29, 0.717) is 6.20 Å². The van der Waals surface area contributed by atoms with E-state index in [1.165, 1.54) is 0 Å². The minimum absolute atomic E-state index is 0.0542. The summed E-state index contributed by atoms with van der Waals surface area (Å²) in [4.78, 5) is 20.2. The first kappa shape index (κ1) is 17.8. The molecule has 2 rings (SSSR count). The number of aromatic nitrogens is 1. The fourth-order valence-electron chi connectivity index (χ4n) is 1.78. The second-order valence-electron chi connectivity index (χ2n) is 4.62. The molecule has 0 unspecified atom stereocenters. The summed E-state index contributed by atoms with van der Waals surface area (Å²) in [6.07, 6.45) is -3.47. The van der Waals surface area contributed by atoms with E-state index in [1.807, 2.05) is 0 Å². The molecule has 1 amide bonds. The first-order valence-electron chi connectivity index (χ1n) is 6.47. The molecule has 1 aliphatic heterocycles. The number of carbonyl (C=O) groups is 1. The van der Waals surface area contributed by atoms with Crippen molar-refractivity contribution in [1.82, 2.24) is 10.3 Å². The Morgan fingerprint density at radius 3 is 2.96 bits per heavy atom. The van der Waals surface area contributed by atoms with Gasteiger partial charge in [0.05, 0.1) is 17.1 Å². The Morgan fingerprint density at radius 1 is 1.58 bits per heavy atom. The molecule has 0 fully saturated rings. The van der Waals surface area contributed by atoms with Gasteiger partial charge in [-0.3, -0.25) is 4.79 Å². The maximum Gasteiger partial charge on any atom is 0.417 e. The third-order valence-electron chi connectivity index (χ3n) is 2.91. The number of hydrogen-bond acceptors (Lipinski definition) is 7. The summed E-state index contributed by atoms with van der Waals surface area (Å²) in [5, 5.41) is 19.1. The number of rotatable bonds is 5. The maximum absolute atomic E-state index is 12.5. The highest BCUT2D eigenvalue weighted by atomic mass is 35.5. The first-order chi connectivity index (χ1) is 11.3. The number of carbonyl (C=O) groups excluding carboxylic acids is 1. The van der Waals surface area contributed by atoms with Crippen molar-refractivity contribution in [1.29, 1.82) is 0 Å². The minimum atomic E-state index is -4.53. The number of halogens is 4. The van der Waals surface area contributed by atoms with E-state index >= 15 is 0 Å². The highest BCUT2D eigenvalue weighted by molar-refractivity contribution is 6.40. The molecular weight excluding hydrogens is 355 g/mol. The monoisotopic (exact) mass is 365 g/mol. The lowest BCUT2D eigenvalue weighted by molar-refractivity contribution is -0.137. The van der Waals surface area contributed by atoms with Gasteiger partial charge in [0, 0.05) is 12.6 Å². The maximum atomic E-state index is 12.5. The molecule has 12 heteroatoms. The summed E-state index contributed by atoms with van der Waals surface area (Å²) in [5.41, 5.74) is -0.879. The summed E-state index contributed by atoms with van der Waals surface area (Å²) < 4.78 is 37.6. The topological polar surface area (TPSA) is 108 Å². The van der Waals surface area contributed by atoms with Gasteiger partial charge in [0.1, 0.15) is 17.9 Å². The lowest BCUT2D eigenvalue weighted by Crippen LogP contribution is -2.30. The van der Waals surface area contributed by atoms with Crippen molar-refractivity contribution in [2.24, 2.45) is 10.3 Å². The van der Waals surface area contributed by atoms with Crippen molar-refractivity contribution in [3.05, 3.63) is 22.8 Å². The molecule has 1 aromatic rings. The van der Waals surface area contributed by atoms with Gasteiger partial charge in [-0.2, -0.15) is 13.2 Å². The Balaban J connectivity index is 1.88. The van der Waals surface area contributed by atoms with E-state index in [2.05, 4.69) is 25.9 Å². The van der Waals surface area contributed by atoms with E-state index in [4.69, 9.17) is 21.6 Å². The number of anilines is 1. The zero-order valence-corrected chi connectivity index (χ0v) is 12.6. The van der Waals surface area contributed by atoms with Crippen LogP contribution in [0.5, 0.6) is 0 Å². The Morgan fingerprint density at radius 2 is 2.33 bits per heavy atom. The van der Waals surface area contributed by atoms with Crippen LogP contribution in [0.15, 0.2) is 22.6 Å². The molecule has 8 nitrogen and oxygen atoms in total. The van der Waals surface area contributed by atoms with Gasteiger partial charge in [0.2, 0.25) is 0 Å². The van der Waals surface area contributed by atoms with Crippen LogP contribution in [0.25, 0.3) is 0 Å². The molecule has 24 heavy (non-hydrogen) atoms. The largest absolute Gasteiger partial charge is 0.417 e. The highest BCUT2D eigenvalue weighted by Gasteiger charge is 2.32. The lowest BCUT2D eigenvalue weighted by atomic mass is 10.1. The second-order valence-corrected chi connectivity index (χ2v) is 5.03. The fraction of sp³-hybridized carbons (Fsp3) is 0.333. The van der Waals surface area contributed by atoms with Crippen LogP contribution >= 0.6 is 11.6 Å². The molecule has 0 spiro atoms. The fourth-order valence-corrected chi connectivity index (χ4v) is 2.01. The van der Waals surface area contributed by atoms with Crippen molar-refractivity contribution in [3.8, 4) is 0 Å². The van der Waals surface area contributed by atoms with Crippen molar-refractivity contribution in [3.63, 3.8) is 0 Å². The zero-order chi connectivity index (χ0) is 17.7. The van der Waals surface area contributed by atoms with E-state index in [1.54, 1.807) is 0 Å². The van der Waals surface area contributed by atoms with Crippen LogP contribution in [0.3, 0.4) is 0 Å². The number of hydrogen-bond donors (Lipinski definition) is 3. The number of pyridine rings is 1. The molecule has 0 bridgehead atoms. The smallest absolute Gasteiger partial charge is 0.410 e. The van der Waals surface area contributed by atoms with Crippen LogP contribution in [-0.2, 0) is 15.8 Å². The average Bonchev–Trinajstić information content (AvgIpc) is 2.99. The van der Waals surface area contributed by atoms with Gasteiger partial charge in [0.25, 0.3) is 5.91 Å². The molecule has 3 N–H and O–H groups in total. The molecule has 2 heterocycles. The average molecular weight is 366 g/mol. The van der Waals surface area contributed by atoms with Crippen LogP contribution in [-0.4, -0.2) is 40.8 Å². The van der Waals surface area contributed by atoms with Crippen LogP contribution in [0, 0.1) is 0 Å². The molecule has 0 aliphatic carbocycles. The molecular formula is C12H11ClF3N5O3. The Bertz CT molecular complexity index is 680. The van der Waals surface area contributed by atoms with Gasteiger partial charge in [-0.15, -0.1) is 0 Å². The number of nitrogens with zero attached hydrogens (tertiary/aromatic N) is 3. The molecule has 0 radical (unpaired) electrons. The molecule has 130 valence electrons. The Hall–Kier alpha value is -2.56. The molecule has 1 atom stereocenters. The highest BCUT2D eigenvalue weighted by Crippen LogP contribution is 2.32. The molecule has 0 aromatic carbocycles. The third kappa shape index (κ3) is 4.47. The molecule has 0 saturated heterocycles. The predicted molar refractivity (Wildman–Crippen MR) is 78.1 cm³/mol. The van der Waals surface area contributed by atoms with E-state index < -0.39 is 23.8 Å². The lowest BCUT2D eigenvalue weighted by Gasteiger charge is -2.13. The Kier molecular flexibility index (Phi) is 5.44. The summed E-state index contributed by atoms with van der Waals surface area (Å²) in [6, 6.07) is 0.760. The summed E-state index contributed by atoms with van der Waals surface area (Å²) in [6.45, 7) is 0.118. The van der Waals surface area contributed by atoms with Crippen molar-refractivity contribution in [2.45, 2.75) is 18.7 Å². The van der Waals surface area contributed by atoms with Crippen LogP contribution < -0.4 is 10.6 Å². The Labute approximate surface area is 138 Å². The van der Waals surface area contributed by atoms with Crippen LogP contribution in [0.2, 0.25) is 5.02 Å². The van der Waals surface area contributed by atoms with Gasteiger partial charge < -0.3 is 20.7 Å². The van der Waals surface area contributed by atoms with Gasteiger partial charge in [-0.05, 0) is 6.07 Å². The third-order valence-corrected chi connectivity index (χ3v) is 3.20. The number of amides is 1. The van der Waals surface area contributed by atoms with Crippen LogP contribution in [0.4, 0.5) is 19.0 Å². The summed E-state index contributed by atoms with van der Waals surface area (Å²) in [7, 11) is 0.